The summed E-state index contributed by atoms with van der Waals surface area (Å²) >= 11 is 6.07. The molecule has 5 nitrogen and oxygen atoms in total. The second-order valence-corrected chi connectivity index (χ2v) is 6.95. The average molecular weight is 347 g/mol. The normalized spacial score (nSPS) is 23.0. The molecule has 0 bridgehead atoms. The summed E-state index contributed by atoms with van der Waals surface area (Å²) in [5.74, 6) is 1.55. The van der Waals surface area contributed by atoms with Crippen LogP contribution in [-0.4, -0.2) is 29.1 Å². The van der Waals surface area contributed by atoms with Gasteiger partial charge in [-0.2, -0.15) is 0 Å². The van der Waals surface area contributed by atoms with Crippen molar-refractivity contribution in [3.8, 4) is 5.75 Å². The van der Waals surface area contributed by atoms with Crippen LogP contribution in [0.3, 0.4) is 0 Å². The van der Waals surface area contributed by atoms with Gasteiger partial charge in [-0.15, -0.1) is 0 Å². The van der Waals surface area contributed by atoms with E-state index in [-0.39, 0.29) is 17.9 Å². The lowest BCUT2D eigenvalue weighted by molar-refractivity contribution is -0.138. The van der Waals surface area contributed by atoms with E-state index in [1.165, 1.54) is 0 Å². The number of fused-ring (bicyclic) bond motifs is 1. The zero-order valence-corrected chi connectivity index (χ0v) is 14.3. The maximum absolute atomic E-state index is 13.0. The molecule has 4 rings (SSSR count). The number of aromatic nitrogens is 1. The number of carbonyl (C=O) groups excluding carboxylic acids is 1. The van der Waals surface area contributed by atoms with E-state index < -0.39 is 0 Å². The van der Waals surface area contributed by atoms with Crippen LogP contribution >= 0.6 is 11.6 Å². The molecule has 0 aliphatic carbocycles. The minimum absolute atomic E-state index is 0.00992. The van der Waals surface area contributed by atoms with Crippen LogP contribution in [0.5, 0.6) is 5.75 Å². The first-order valence-corrected chi connectivity index (χ1v) is 8.64. The van der Waals surface area contributed by atoms with Crippen molar-refractivity contribution >= 4 is 17.5 Å². The average Bonchev–Trinajstić information content (AvgIpc) is 3.22. The summed E-state index contributed by atoms with van der Waals surface area (Å²) in [7, 11) is 0. The molecule has 126 valence electrons. The second kappa shape index (κ2) is 6.13. The van der Waals surface area contributed by atoms with E-state index >= 15 is 0 Å². The molecule has 2 aromatic rings. The van der Waals surface area contributed by atoms with Crippen molar-refractivity contribution in [3.63, 3.8) is 0 Å². The zero-order valence-electron chi connectivity index (χ0n) is 13.5. The largest absolute Gasteiger partial charge is 0.492 e. The molecule has 0 radical (unpaired) electrons. The highest BCUT2D eigenvalue weighted by Gasteiger charge is 2.37. The van der Waals surface area contributed by atoms with E-state index in [9.17, 15) is 4.79 Å². The number of ether oxygens (including phenoxy) is 1. The number of likely N-dealkylation sites (tertiary alicyclic amines) is 1. The molecule has 2 aliphatic heterocycles. The number of benzene rings is 1. The van der Waals surface area contributed by atoms with Crippen molar-refractivity contribution in [1.82, 2.24) is 10.1 Å². The predicted octanol–water partition coefficient (Wildman–Crippen LogP) is 3.55. The molecule has 0 unspecified atom stereocenters. The Hall–Kier alpha value is -2.01. The van der Waals surface area contributed by atoms with Crippen molar-refractivity contribution in [1.29, 1.82) is 0 Å². The van der Waals surface area contributed by atoms with Gasteiger partial charge in [0.2, 0.25) is 5.91 Å². The maximum Gasteiger partial charge on any atom is 0.230 e. The fourth-order valence-corrected chi connectivity index (χ4v) is 3.83. The Morgan fingerprint density at radius 2 is 2.25 bits per heavy atom. The third-order valence-corrected chi connectivity index (χ3v) is 5.04. The first-order chi connectivity index (χ1) is 11.6. The summed E-state index contributed by atoms with van der Waals surface area (Å²) in [4.78, 5) is 15.0. The number of hydrogen-bond donors (Lipinski definition) is 0. The lowest BCUT2D eigenvalue weighted by Gasteiger charge is -2.30. The minimum Gasteiger partial charge on any atom is -0.492 e. The van der Waals surface area contributed by atoms with Gasteiger partial charge in [-0.3, -0.25) is 4.79 Å². The summed E-state index contributed by atoms with van der Waals surface area (Å²) in [6, 6.07) is 7.50. The Morgan fingerprint density at radius 1 is 1.38 bits per heavy atom. The Kier molecular flexibility index (Phi) is 3.96. The first kappa shape index (κ1) is 15.5. The molecule has 24 heavy (non-hydrogen) atoms. The molecular formula is C18H19ClN2O3. The standard InChI is InChI=1S/C18H19ClN2O3/c1-11-7-15(20-24-11)16-3-2-6-21(16)18(22)13-8-12-9-14(19)4-5-17(12)23-10-13/h4-5,7,9,13,16H,2-3,6,8,10H2,1H3/t13-,16+/m1/s1. The minimum atomic E-state index is -0.176. The fourth-order valence-electron chi connectivity index (χ4n) is 3.64. The van der Waals surface area contributed by atoms with Gasteiger partial charge in [0.1, 0.15) is 23.8 Å². The van der Waals surface area contributed by atoms with Crippen molar-refractivity contribution in [3.05, 3.63) is 46.3 Å². The molecule has 1 saturated heterocycles. The van der Waals surface area contributed by atoms with Crippen LogP contribution in [0.2, 0.25) is 5.02 Å². The topological polar surface area (TPSA) is 55.6 Å². The maximum atomic E-state index is 13.0. The van der Waals surface area contributed by atoms with E-state index in [1.807, 2.05) is 36.1 Å². The lowest BCUT2D eigenvalue weighted by atomic mass is 9.95. The lowest BCUT2D eigenvalue weighted by Crippen LogP contribution is -2.40. The molecule has 0 N–H and O–H groups in total. The SMILES string of the molecule is Cc1cc([C@@H]2CCCN2C(=O)[C@H]2COc3ccc(Cl)cc3C2)no1. The van der Waals surface area contributed by atoms with Crippen LogP contribution in [0.4, 0.5) is 0 Å². The third kappa shape index (κ3) is 2.77. The van der Waals surface area contributed by atoms with Crippen molar-refractivity contribution < 1.29 is 14.1 Å². The predicted molar refractivity (Wildman–Crippen MR) is 89.1 cm³/mol. The Bertz CT molecular complexity index is 773. The summed E-state index contributed by atoms with van der Waals surface area (Å²) in [5, 5.41) is 4.77. The van der Waals surface area contributed by atoms with E-state index in [2.05, 4.69) is 5.16 Å². The molecule has 1 aromatic carbocycles. The highest BCUT2D eigenvalue weighted by atomic mass is 35.5. The molecule has 2 atom stereocenters. The zero-order chi connectivity index (χ0) is 16.7. The van der Waals surface area contributed by atoms with Gasteiger partial charge >= 0.3 is 0 Å². The molecule has 0 saturated carbocycles. The van der Waals surface area contributed by atoms with Gasteiger partial charge in [0.15, 0.2) is 0 Å². The van der Waals surface area contributed by atoms with E-state index in [0.717, 1.165) is 42.2 Å². The highest BCUT2D eigenvalue weighted by molar-refractivity contribution is 6.30. The molecule has 1 fully saturated rings. The van der Waals surface area contributed by atoms with Gasteiger partial charge in [-0.05, 0) is 49.9 Å². The number of aryl methyl sites for hydroxylation is 1. The smallest absolute Gasteiger partial charge is 0.230 e. The van der Waals surface area contributed by atoms with Crippen LogP contribution in [0.25, 0.3) is 0 Å². The van der Waals surface area contributed by atoms with Gasteiger partial charge in [0, 0.05) is 17.6 Å². The molecular weight excluding hydrogens is 328 g/mol. The number of halogens is 1. The van der Waals surface area contributed by atoms with Gasteiger partial charge < -0.3 is 14.2 Å². The molecule has 1 amide bonds. The quantitative estimate of drug-likeness (QED) is 0.834. The Labute approximate surface area is 145 Å². The van der Waals surface area contributed by atoms with Crippen LogP contribution in [0.1, 0.15) is 35.9 Å². The monoisotopic (exact) mass is 346 g/mol. The van der Waals surface area contributed by atoms with Gasteiger partial charge in [0.05, 0.1) is 12.0 Å². The van der Waals surface area contributed by atoms with Crippen LogP contribution < -0.4 is 4.74 Å². The first-order valence-electron chi connectivity index (χ1n) is 8.27. The molecule has 6 heteroatoms. The molecule has 2 aliphatic rings. The second-order valence-electron chi connectivity index (χ2n) is 6.52. The van der Waals surface area contributed by atoms with Crippen LogP contribution in [0, 0.1) is 12.8 Å². The third-order valence-electron chi connectivity index (χ3n) is 4.80. The van der Waals surface area contributed by atoms with Gasteiger partial charge in [-0.25, -0.2) is 0 Å². The summed E-state index contributed by atoms with van der Waals surface area (Å²) in [6.07, 6.45) is 2.57. The van der Waals surface area contributed by atoms with Crippen LogP contribution in [-0.2, 0) is 11.2 Å². The highest BCUT2D eigenvalue weighted by Crippen LogP contribution is 2.35. The molecule has 3 heterocycles. The Balaban J connectivity index is 1.53. The number of carbonyl (C=O) groups is 1. The van der Waals surface area contributed by atoms with E-state index in [4.69, 9.17) is 20.9 Å². The van der Waals surface area contributed by atoms with Crippen molar-refractivity contribution in [2.75, 3.05) is 13.2 Å². The number of hydrogen-bond acceptors (Lipinski definition) is 4. The molecule has 0 spiro atoms. The number of nitrogens with zero attached hydrogens (tertiary/aromatic N) is 2. The summed E-state index contributed by atoms with van der Waals surface area (Å²) < 4.78 is 11.0. The molecule has 1 aromatic heterocycles. The Morgan fingerprint density at radius 3 is 3.04 bits per heavy atom. The van der Waals surface area contributed by atoms with Gasteiger partial charge in [-0.1, -0.05) is 16.8 Å². The van der Waals surface area contributed by atoms with Crippen molar-refractivity contribution in [2.24, 2.45) is 5.92 Å². The van der Waals surface area contributed by atoms with E-state index in [0.29, 0.717) is 18.1 Å². The summed E-state index contributed by atoms with van der Waals surface area (Å²) in [5.41, 5.74) is 1.85. The van der Waals surface area contributed by atoms with Crippen LogP contribution in [0.15, 0.2) is 28.8 Å². The van der Waals surface area contributed by atoms with E-state index in [1.54, 1.807) is 0 Å². The number of rotatable bonds is 2. The summed E-state index contributed by atoms with van der Waals surface area (Å²) in [6.45, 7) is 3.04. The number of amides is 1. The van der Waals surface area contributed by atoms with Crippen molar-refractivity contribution in [2.45, 2.75) is 32.2 Å². The fraction of sp³-hybridized carbons (Fsp3) is 0.444. The van der Waals surface area contributed by atoms with Gasteiger partial charge in [0.25, 0.3) is 0 Å².